The van der Waals surface area contributed by atoms with Crippen LogP contribution in [0, 0.1) is 5.82 Å². The number of amides is 1. The molecule has 0 aliphatic rings. The minimum Gasteiger partial charge on any atom is -0.417 e. The van der Waals surface area contributed by atoms with E-state index in [1.807, 2.05) is 0 Å². The maximum Gasteiger partial charge on any atom is 0.388 e. The summed E-state index contributed by atoms with van der Waals surface area (Å²) in [5.74, 6) is -1.96. The highest BCUT2D eigenvalue weighted by Crippen LogP contribution is 2.17. The van der Waals surface area contributed by atoms with Gasteiger partial charge in [0.15, 0.2) is 17.3 Å². The number of anilines is 1. The number of pyridine rings is 1. The number of carbonyl (C=O) groups is 1. The van der Waals surface area contributed by atoms with E-state index >= 15 is 0 Å². The minimum absolute atomic E-state index is 0.121. The third-order valence-electron chi connectivity index (χ3n) is 3.21. The monoisotopic (exact) mass is 364 g/mol. The minimum atomic E-state index is -3.01. The van der Waals surface area contributed by atoms with Gasteiger partial charge in [0.25, 0.3) is 5.91 Å². The molecule has 8 nitrogen and oxygen atoms in total. The Kier molecular flexibility index (Phi) is 4.78. The third kappa shape index (κ3) is 3.77. The van der Waals surface area contributed by atoms with Crippen LogP contribution in [0.2, 0.25) is 0 Å². The lowest BCUT2D eigenvalue weighted by Gasteiger charge is -2.08. The smallest absolute Gasteiger partial charge is 0.388 e. The van der Waals surface area contributed by atoms with Gasteiger partial charge in [-0.05, 0) is 6.07 Å². The lowest BCUT2D eigenvalue weighted by molar-refractivity contribution is -0.0528. The van der Waals surface area contributed by atoms with Gasteiger partial charge in [-0.1, -0.05) is 0 Å². The Hall–Kier alpha value is -3.50. The first-order valence-electron chi connectivity index (χ1n) is 7.15. The molecular weight excluding hydrogens is 353 g/mol. The molecule has 0 unspecified atom stereocenters. The Labute approximate surface area is 144 Å². The van der Waals surface area contributed by atoms with E-state index in [1.54, 1.807) is 11.6 Å². The highest BCUT2D eigenvalue weighted by molar-refractivity contribution is 6.03. The average Bonchev–Trinajstić information content (AvgIpc) is 3.02. The average molecular weight is 364 g/mol. The number of rotatable bonds is 5. The number of aryl methyl sites for hydroxylation is 1. The fourth-order valence-corrected chi connectivity index (χ4v) is 2.03. The van der Waals surface area contributed by atoms with Crippen LogP contribution in [-0.2, 0) is 7.05 Å². The summed E-state index contributed by atoms with van der Waals surface area (Å²) in [6.45, 7) is -3.01. The molecule has 0 aliphatic heterocycles. The van der Waals surface area contributed by atoms with Crippen molar-refractivity contribution < 1.29 is 22.7 Å². The van der Waals surface area contributed by atoms with Gasteiger partial charge in [0, 0.05) is 13.1 Å². The second-order valence-corrected chi connectivity index (χ2v) is 5.00. The van der Waals surface area contributed by atoms with E-state index in [1.165, 1.54) is 18.6 Å². The summed E-state index contributed by atoms with van der Waals surface area (Å²) in [4.78, 5) is 27.5. The van der Waals surface area contributed by atoms with E-state index in [4.69, 9.17) is 0 Å². The second kappa shape index (κ2) is 7.17. The van der Waals surface area contributed by atoms with E-state index in [0.29, 0.717) is 5.69 Å². The maximum absolute atomic E-state index is 13.9. The summed E-state index contributed by atoms with van der Waals surface area (Å²) in [6.07, 6.45) is 4.95. The van der Waals surface area contributed by atoms with Gasteiger partial charge >= 0.3 is 6.61 Å². The zero-order valence-electron chi connectivity index (χ0n) is 13.2. The van der Waals surface area contributed by atoms with Crippen LogP contribution in [0.25, 0.3) is 11.5 Å². The number of ether oxygens (including phenoxy) is 1. The van der Waals surface area contributed by atoms with Gasteiger partial charge in [-0.3, -0.25) is 4.79 Å². The molecule has 0 aromatic carbocycles. The van der Waals surface area contributed by atoms with Gasteiger partial charge in [-0.2, -0.15) is 8.78 Å². The molecule has 1 amide bonds. The lowest BCUT2D eigenvalue weighted by atomic mass is 10.3. The van der Waals surface area contributed by atoms with Gasteiger partial charge in [0.05, 0.1) is 30.6 Å². The van der Waals surface area contributed by atoms with Crippen LogP contribution in [0.15, 0.2) is 37.1 Å². The summed E-state index contributed by atoms with van der Waals surface area (Å²) in [5, 5.41) is 2.37. The van der Waals surface area contributed by atoms with E-state index in [0.717, 1.165) is 18.5 Å². The SMILES string of the molecule is Cn1cncc1-c1ncc(F)c(C(=O)Nc2ccc(OC(F)F)nc2)n1. The molecule has 3 rings (SSSR count). The maximum atomic E-state index is 13.9. The molecular formula is C15H11F3N6O2. The number of alkyl halides is 2. The number of halogens is 3. The molecule has 0 aliphatic carbocycles. The topological polar surface area (TPSA) is 94.8 Å². The van der Waals surface area contributed by atoms with Crippen molar-refractivity contribution in [2.45, 2.75) is 6.61 Å². The van der Waals surface area contributed by atoms with Crippen molar-refractivity contribution in [1.82, 2.24) is 24.5 Å². The summed E-state index contributed by atoms with van der Waals surface area (Å²) >= 11 is 0. The predicted molar refractivity (Wildman–Crippen MR) is 83.0 cm³/mol. The molecule has 1 N–H and O–H groups in total. The number of aromatic nitrogens is 5. The van der Waals surface area contributed by atoms with Crippen molar-refractivity contribution >= 4 is 11.6 Å². The van der Waals surface area contributed by atoms with Crippen molar-refractivity contribution in [2.75, 3.05) is 5.32 Å². The van der Waals surface area contributed by atoms with Crippen LogP contribution in [-0.4, -0.2) is 37.0 Å². The molecule has 0 fully saturated rings. The number of hydrogen-bond donors (Lipinski definition) is 1. The van der Waals surface area contributed by atoms with Crippen LogP contribution in [0.5, 0.6) is 5.88 Å². The highest BCUT2D eigenvalue weighted by Gasteiger charge is 2.18. The molecule has 3 aromatic rings. The van der Waals surface area contributed by atoms with Gasteiger partial charge in [-0.25, -0.2) is 24.3 Å². The molecule has 0 saturated carbocycles. The highest BCUT2D eigenvalue weighted by atomic mass is 19.3. The molecule has 3 aromatic heterocycles. The zero-order valence-corrected chi connectivity index (χ0v) is 13.2. The second-order valence-electron chi connectivity index (χ2n) is 5.00. The normalized spacial score (nSPS) is 10.8. The van der Waals surface area contributed by atoms with Crippen molar-refractivity contribution in [3.8, 4) is 17.4 Å². The fraction of sp³-hybridized carbons (Fsp3) is 0.133. The van der Waals surface area contributed by atoms with Gasteiger partial charge in [0.2, 0.25) is 5.88 Å². The largest absolute Gasteiger partial charge is 0.417 e. The number of hydrogen-bond acceptors (Lipinski definition) is 6. The van der Waals surface area contributed by atoms with Crippen molar-refractivity contribution in [2.24, 2.45) is 7.05 Å². The molecule has 0 spiro atoms. The molecule has 0 radical (unpaired) electrons. The van der Waals surface area contributed by atoms with Crippen molar-refractivity contribution in [3.05, 3.63) is 48.6 Å². The Morgan fingerprint density at radius 3 is 2.65 bits per heavy atom. The molecule has 3 heterocycles. The summed E-state index contributed by atoms with van der Waals surface area (Å²) in [5.41, 5.74) is 0.162. The van der Waals surface area contributed by atoms with Crippen LogP contribution in [0.3, 0.4) is 0 Å². The molecule has 0 saturated heterocycles. The predicted octanol–water partition coefficient (Wildman–Crippen LogP) is 2.26. The molecule has 134 valence electrons. The van der Waals surface area contributed by atoms with E-state index in [-0.39, 0.29) is 17.4 Å². The summed E-state index contributed by atoms with van der Waals surface area (Å²) in [7, 11) is 1.70. The van der Waals surface area contributed by atoms with Gasteiger partial charge in [-0.15, -0.1) is 0 Å². The Balaban J connectivity index is 1.80. The quantitative estimate of drug-likeness (QED) is 0.746. The Bertz CT molecular complexity index is 929. The molecule has 11 heteroatoms. The summed E-state index contributed by atoms with van der Waals surface area (Å²) < 4.78 is 43.8. The van der Waals surface area contributed by atoms with E-state index in [2.05, 4.69) is 30.0 Å². The van der Waals surface area contributed by atoms with Crippen molar-refractivity contribution in [1.29, 1.82) is 0 Å². The first-order valence-corrected chi connectivity index (χ1v) is 7.15. The van der Waals surface area contributed by atoms with E-state index < -0.39 is 24.0 Å². The molecule has 26 heavy (non-hydrogen) atoms. The van der Waals surface area contributed by atoms with Crippen molar-refractivity contribution in [3.63, 3.8) is 0 Å². The third-order valence-corrected chi connectivity index (χ3v) is 3.21. The lowest BCUT2D eigenvalue weighted by Crippen LogP contribution is -2.17. The van der Waals surface area contributed by atoms with Crippen LogP contribution < -0.4 is 10.1 Å². The van der Waals surface area contributed by atoms with Crippen LogP contribution in [0.1, 0.15) is 10.5 Å². The van der Waals surface area contributed by atoms with Crippen LogP contribution >= 0.6 is 0 Å². The Morgan fingerprint density at radius 2 is 2.04 bits per heavy atom. The standard InChI is InChI=1S/C15H11F3N6O2/c1-24-7-19-6-10(24)13-21-5-9(16)12(23-13)14(25)22-8-2-3-11(20-4-8)26-15(17)18/h2-7,15H,1H3,(H,22,25). The van der Waals surface area contributed by atoms with Crippen LogP contribution in [0.4, 0.5) is 18.9 Å². The van der Waals surface area contributed by atoms with E-state index in [9.17, 15) is 18.0 Å². The molecule has 0 bridgehead atoms. The molecule has 0 atom stereocenters. The fourth-order valence-electron chi connectivity index (χ4n) is 2.03. The first-order chi connectivity index (χ1) is 12.4. The van der Waals surface area contributed by atoms with Gasteiger partial charge in [0.1, 0.15) is 5.69 Å². The Morgan fingerprint density at radius 1 is 1.23 bits per heavy atom. The number of nitrogens with one attached hydrogen (secondary N) is 1. The zero-order chi connectivity index (χ0) is 18.7. The van der Waals surface area contributed by atoms with Gasteiger partial charge < -0.3 is 14.6 Å². The first kappa shape index (κ1) is 17.3. The summed E-state index contributed by atoms with van der Waals surface area (Å²) in [6, 6.07) is 2.42. The number of carbonyl (C=O) groups excluding carboxylic acids is 1. The number of imidazole rings is 1. The number of nitrogens with zero attached hydrogens (tertiary/aromatic N) is 5.